The number of halogens is 6. The zero-order chi connectivity index (χ0) is 26.9. The van der Waals surface area contributed by atoms with Crippen LogP contribution in [0.5, 0.6) is 5.75 Å². The fraction of sp³-hybridized carbons (Fsp3) is 0.500. The molecule has 2 aliphatic heterocycles. The van der Waals surface area contributed by atoms with E-state index in [-0.39, 0.29) is 29.4 Å². The van der Waals surface area contributed by atoms with Gasteiger partial charge in [-0.1, -0.05) is 6.07 Å². The van der Waals surface area contributed by atoms with E-state index in [0.717, 1.165) is 17.0 Å². The van der Waals surface area contributed by atoms with Gasteiger partial charge in [0.25, 0.3) is 0 Å². The molecule has 4 rings (SSSR count). The fourth-order valence-corrected chi connectivity index (χ4v) is 5.29. The second kappa shape index (κ2) is 10.9. The largest absolute Gasteiger partial charge is 0.489 e. The molecular weight excluding hydrogens is 502 g/mol. The molecular formula is C26H28F6N2O3. The highest BCUT2D eigenvalue weighted by molar-refractivity contribution is 5.88. The first-order chi connectivity index (χ1) is 17.5. The molecule has 37 heavy (non-hydrogen) atoms. The van der Waals surface area contributed by atoms with Gasteiger partial charge in [0.1, 0.15) is 23.5 Å². The van der Waals surface area contributed by atoms with Crippen LogP contribution in [0.15, 0.2) is 30.3 Å². The molecule has 1 N–H and O–H groups in total. The number of alkyl halides is 4. The summed E-state index contributed by atoms with van der Waals surface area (Å²) in [5.41, 5.74) is 0.0339. The summed E-state index contributed by atoms with van der Waals surface area (Å²) >= 11 is 0. The van der Waals surface area contributed by atoms with Crippen molar-refractivity contribution in [2.75, 3.05) is 32.9 Å². The van der Waals surface area contributed by atoms with Crippen molar-refractivity contribution in [3.63, 3.8) is 0 Å². The van der Waals surface area contributed by atoms with Crippen molar-refractivity contribution in [3.05, 3.63) is 64.2 Å². The second-order valence-corrected chi connectivity index (χ2v) is 9.63. The van der Waals surface area contributed by atoms with E-state index in [0.29, 0.717) is 38.0 Å². The number of fused-ring (bicyclic) bond motifs is 1. The van der Waals surface area contributed by atoms with Crippen molar-refractivity contribution in [2.45, 2.75) is 50.6 Å². The summed E-state index contributed by atoms with van der Waals surface area (Å²) < 4.78 is 89.6. The number of rotatable bonds is 8. The Morgan fingerprint density at radius 2 is 1.86 bits per heavy atom. The Labute approximate surface area is 210 Å². The first kappa shape index (κ1) is 27.3. The van der Waals surface area contributed by atoms with Gasteiger partial charge in [-0.2, -0.15) is 13.2 Å². The molecule has 3 atom stereocenters. The minimum atomic E-state index is -4.63. The summed E-state index contributed by atoms with van der Waals surface area (Å²) in [6.45, 7) is 1.37. The molecule has 1 fully saturated rings. The van der Waals surface area contributed by atoms with E-state index in [2.05, 4.69) is 0 Å². The van der Waals surface area contributed by atoms with Gasteiger partial charge in [-0.15, -0.1) is 0 Å². The van der Waals surface area contributed by atoms with Gasteiger partial charge in [0.05, 0.1) is 24.8 Å². The Balaban J connectivity index is 1.68. The molecule has 0 amide bonds. The number of carboxylic acids is 1. The van der Waals surface area contributed by atoms with E-state index in [1.54, 1.807) is 0 Å². The third-order valence-corrected chi connectivity index (χ3v) is 6.93. The van der Waals surface area contributed by atoms with Crippen molar-refractivity contribution in [3.8, 4) is 5.75 Å². The summed E-state index contributed by atoms with van der Waals surface area (Å²) in [7, 11) is 0. The molecule has 0 bridgehead atoms. The SMILES string of the molecule is C[C@@H]1Cc2cc(C(=O)O)ccc2[C@@H](c2c(F)cc(OC3CCN(CCCF)C3)cc2F)N1CC(F)(F)F. The summed E-state index contributed by atoms with van der Waals surface area (Å²) in [5, 5.41) is 9.32. The predicted molar refractivity (Wildman–Crippen MR) is 124 cm³/mol. The number of carboxylic acid groups (broad SMARTS) is 1. The molecule has 11 heteroatoms. The van der Waals surface area contributed by atoms with Gasteiger partial charge in [-0.05, 0) is 49.4 Å². The molecule has 1 saturated heterocycles. The number of hydrogen-bond acceptors (Lipinski definition) is 4. The summed E-state index contributed by atoms with van der Waals surface area (Å²) in [6, 6.07) is 3.64. The molecule has 0 saturated carbocycles. The first-order valence-corrected chi connectivity index (χ1v) is 12.1. The number of likely N-dealkylation sites (tertiary alicyclic amines) is 1. The molecule has 202 valence electrons. The average Bonchev–Trinajstić information content (AvgIpc) is 3.25. The molecule has 2 aromatic carbocycles. The minimum Gasteiger partial charge on any atom is -0.489 e. The summed E-state index contributed by atoms with van der Waals surface area (Å²) in [6.07, 6.45) is -3.91. The van der Waals surface area contributed by atoms with Crippen LogP contribution >= 0.6 is 0 Å². The van der Waals surface area contributed by atoms with Gasteiger partial charge in [-0.25, -0.2) is 13.6 Å². The zero-order valence-electron chi connectivity index (χ0n) is 20.2. The number of aromatic carboxylic acids is 1. The van der Waals surface area contributed by atoms with Gasteiger partial charge in [0.15, 0.2) is 0 Å². The number of ether oxygens (including phenoxy) is 1. The van der Waals surface area contributed by atoms with Gasteiger partial charge in [0, 0.05) is 43.4 Å². The minimum absolute atomic E-state index is 0.0595. The third kappa shape index (κ3) is 6.20. The lowest BCUT2D eigenvalue weighted by molar-refractivity contribution is -0.155. The standard InChI is InChI=1S/C26H28F6N2O3/c1-15-9-17-10-16(25(35)36)3-4-20(17)24(34(15)14-26(30,31)32)23-21(28)11-19(12-22(23)29)37-18-5-8-33(13-18)7-2-6-27/h3-4,10-12,15,18,24H,2,5-9,13-14H2,1H3,(H,35,36)/t15-,18?,24+/m1/s1. The lowest BCUT2D eigenvalue weighted by atomic mass is 9.83. The predicted octanol–water partition coefficient (Wildman–Crippen LogP) is 5.37. The lowest BCUT2D eigenvalue weighted by Gasteiger charge is -2.42. The van der Waals surface area contributed by atoms with E-state index in [4.69, 9.17) is 4.74 Å². The maximum Gasteiger partial charge on any atom is 0.401 e. The van der Waals surface area contributed by atoms with Crippen LogP contribution in [0, 0.1) is 11.6 Å². The Morgan fingerprint density at radius 3 is 2.49 bits per heavy atom. The first-order valence-electron chi connectivity index (χ1n) is 12.1. The van der Waals surface area contributed by atoms with Crippen LogP contribution in [0.2, 0.25) is 0 Å². The van der Waals surface area contributed by atoms with Crippen molar-refractivity contribution in [1.29, 1.82) is 0 Å². The van der Waals surface area contributed by atoms with E-state index < -0.39 is 54.6 Å². The van der Waals surface area contributed by atoms with Crippen LogP contribution < -0.4 is 4.74 Å². The molecule has 0 aliphatic carbocycles. The Bertz CT molecular complexity index is 1120. The highest BCUT2D eigenvalue weighted by Gasteiger charge is 2.42. The van der Waals surface area contributed by atoms with Crippen LogP contribution in [0.25, 0.3) is 0 Å². The Kier molecular flexibility index (Phi) is 8.03. The smallest absolute Gasteiger partial charge is 0.401 e. The van der Waals surface area contributed by atoms with Gasteiger partial charge in [-0.3, -0.25) is 14.2 Å². The molecule has 5 nitrogen and oxygen atoms in total. The second-order valence-electron chi connectivity index (χ2n) is 9.63. The van der Waals surface area contributed by atoms with Gasteiger partial charge >= 0.3 is 12.1 Å². The van der Waals surface area contributed by atoms with E-state index >= 15 is 8.78 Å². The Morgan fingerprint density at radius 1 is 1.16 bits per heavy atom. The maximum absolute atomic E-state index is 15.5. The summed E-state index contributed by atoms with van der Waals surface area (Å²) in [4.78, 5) is 14.4. The highest BCUT2D eigenvalue weighted by Crippen LogP contribution is 2.42. The quantitative estimate of drug-likeness (QED) is 0.465. The lowest BCUT2D eigenvalue weighted by Crippen LogP contribution is -2.47. The molecule has 0 radical (unpaired) electrons. The average molecular weight is 531 g/mol. The molecule has 0 spiro atoms. The topological polar surface area (TPSA) is 53.0 Å². The monoisotopic (exact) mass is 530 g/mol. The van der Waals surface area contributed by atoms with E-state index in [1.807, 2.05) is 4.90 Å². The van der Waals surface area contributed by atoms with Crippen LogP contribution in [0.4, 0.5) is 26.3 Å². The number of hydrogen-bond donors (Lipinski definition) is 1. The Hall–Kier alpha value is -2.79. The third-order valence-electron chi connectivity index (χ3n) is 6.93. The fourth-order valence-electron chi connectivity index (χ4n) is 5.29. The molecule has 2 heterocycles. The van der Waals surface area contributed by atoms with Gasteiger partial charge in [0.2, 0.25) is 0 Å². The zero-order valence-corrected chi connectivity index (χ0v) is 20.2. The molecule has 2 aliphatic rings. The van der Waals surface area contributed by atoms with E-state index in [9.17, 15) is 27.5 Å². The molecule has 2 aromatic rings. The van der Waals surface area contributed by atoms with Crippen LogP contribution in [0.1, 0.15) is 52.9 Å². The van der Waals surface area contributed by atoms with Crippen LogP contribution in [0.3, 0.4) is 0 Å². The number of benzene rings is 2. The van der Waals surface area contributed by atoms with Crippen LogP contribution in [-0.4, -0.2) is 72.1 Å². The highest BCUT2D eigenvalue weighted by atomic mass is 19.4. The normalized spacial score (nSPS) is 22.7. The number of carbonyl (C=O) groups is 1. The maximum atomic E-state index is 15.5. The van der Waals surface area contributed by atoms with Crippen LogP contribution in [-0.2, 0) is 6.42 Å². The molecule has 1 unspecified atom stereocenters. The van der Waals surface area contributed by atoms with E-state index in [1.165, 1.54) is 25.1 Å². The number of nitrogens with zero attached hydrogens (tertiary/aromatic N) is 2. The van der Waals surface area contributed by atoms with Crippen molar-refractivity contribution >= 4 is 5.97 Å². The molecule has 0 aromatic heterocycles. The van der Waals surface area contributed by atoms with Gasteiger partial charge < -0.3 is 9.84 Å². The summed E-state index contributed by atoms with van der Waals surface area (Å²) in [5.74, 6) is -3.40. The van der Waals surface area contributed by atoms with Crippen molar-refractivity contribution < 1.29 is 41.0 Å². The van der Waals surface area contributed by atoms with Crippen molar-refractivity contribution in [2.24, 2.45) is 0 Å². The van der Waals surface area contributed by atoms with Crippen molar-refractivity contribution in [1.82, 2.24) is 9.80 Å².